The van der Waals surface area contributed by atoms with Gasteiger partial charge in [0.15, 0.2) is 6.29 Å². The molecular formula is C12H15BrO4. The van der Waals surface area contributed by atoms with Crippen LogP contribution in [0.3, 0.4) is 0 Å². The van der Waals surface area contributed by atoms with E-state index in [0.29, 0.717) is 31.1 Å². The lowest BCUT2D eigenvalue weighted by atomic mass is 10.1. The minimum Gasteiger partial charge on any atom is -0.490 e. The Kier molecular flexibility index (Phi) is 6.18. The lowest BCUT2D eigenvalue weighted by Crippen LogP contribution is -2.10. The van der Waals surface area contributed by atoms with Gasteiger partial charge in [-0.2, -0.15) is 0 Å². The van der Waals surface area contributed by atoms with E-state index in [1.165, 1.54) is 0 Å². The molecule has 0 atom stereocenters. The summed E-state index contributed by atoms with van der Waals surface area (Å²) < 4.78 is 11.4. The Morgan fingerprint density at radius 1 is 1.35 bits per heavy atom. The Morgan fingerprint density at radius 3 is 2.76 bits per heavy atom. The average Bonchev–Trinajstić information content (AvgIpc) is 2.30. The van der Waals surface area contributed by atoms with Gasteiger partial charge in [0, 0.05) is 4.47 Å². The third kappa shape index (κ3) is 4.46. The highest BCUT2D eigenvalue weighted by Gasteiger charge is 2.08. The van der Waals surface area contributed by atoms with Crippen molar-refractivity contribution in [3.8, 4) is 5.75 Å². The summed E-state index contributed by atoms with van der Waals surface area (Å²) in [7, 11) is 0. The summed E-state index contributed by atoms with van der Waals surface area (Å²) in [5.74, 6) is 0.579. The molecule has 1 rings (SSSR count). The lowest BCUT2D eigenvalue weighted by Gasteiger charge is -2.12. The predicted molar refractivity (Wildman–Crippen MR) is 67.7 cm³/mol. The summed E-state index contributed by atoms with van der Waals surface area (Å²) in [5, 5.41) is 8.52. The highest BCUT2D eigenvalue weighted by atomic mass is 79.9. The zero-order valence-electron chi connectivity index (χ0n) is 9.61. The van der Waals surface area contributed by atoms with Gasteiger partial charge < -0.3 is 14.6 Å². The number of aldehydes is 1. The van der Waals surface area contributed by atoms with Gasteiger partial charge in [0.1, 0.15) is 12.4 Å². The molecule has 0 bridgehead atoms. The van der Waals surface area contributed by atoms with Crippen molar-refractivity contribution in [1.29, 1.82) is 0 Å². The number of aliphatic hydroxyl groups excluding tert-OH is 1. The van der Waals surface area contributed by atoms with Gasteiger partial charge in [-0.1, -0.05) is 15.9 Å². The zero-order chi connectivity index (χ0) is 12.7. The van der Waals surface area contributed by atoms with Crippen LogP contribution in [0.2, 0.25) is 0 Å². The van der Waals surface area contributed by atoms with Gasteiger partial charge in [0.2, 0.25) is 0 Å². The SMILES string of the molecule is Cc1cc(Br)cc(C=O)c1OCCOCCO. The van der Waals surface area contributed by atoms with E-state index in [2.05, 4.69) is 15.9 Å². The van der Waals surface area contributed by atoms with Crippen molar-refractivity contribution in [1.82, 2.24) is 0 Å². The Morgan fingerprint density at radius 2 is 2.12 bits per heavy atom. The molecule has 1 N–H and O–H groups in total. The number of benzene rings is 1. The fourth-order valence-corrected chi connectivity index (χ4v) is 2.00. The fraction of sp³-hybridized carbons (Fsp3) is 0.417. The Bertz CT molecular complexity index is 379. The van der Waals surface area contributed by atoms with Crippen LogP contribution in [0.1, 0.15) is 15.9 Å². The second-order valence-electron chi connectivity index (χ2n) is 3.44. The molecule has 94 valence electrons. The van der Waals surface area contributed by atoms with Crippen LogP contribution in [0.5, 0.6) is 5.75 Å². The number of hydrogen-bond acceptors (Lipinski definition) is 4. The van der Waals surface area contributed by atoms with Crippen LogP contribution in [0.15, 0.2) is 16.6 Å². The first kappa shape index (κ1) is 14.2. The van der Waals surface area contributed by atoms with Crippen molar-refractivity contribution in [3.63, 3.8) is 0 Å². The molecule has 5 heteroatoms. The minimum atomic E-state index is -0.00308. The standard InChI is InChI=1S/C12H15BrO4/c1-9-6-11(13)7-10(8-15)12(9)17-5-4-16-3-2-14/h6-8,14H,2-5H2,1H3. The van der Waals surface area contributed by atoms with E-state index < -0.39 is 0 Å². The summed E-state index contributed by atoms with van der Waals surface area (Å²) in [6.45, 7) is 2.90. The molecule has 1 aromatic rings. The van der Waals surface area contributed by atoms with Crippen LogP contribution < -0.4 is 4.74 Å². The number of carbonyl (C=O) groups excluding carboxylic acids is 1. The molecule has 17 heavy (non-hydrogen) atoms. The topological polar surface area (TPSA) is 55.8 Å². The lowest BCUT2D eigenvalue weighted by molar-refractivity contribution is 0.0701. The monoisotopic (exact) mass is 302 g/mol. The fourth-order valence-electron chi connectivity index (χ4n) is 1.41. The van der Waals surface area contributed by atoms with E-state index in [-0.39, 0.29) is 6.61 Å². The number of carbonyl (C=O) groups is 1. The molecule has 1 aromatic carbocycles. The van der Waals surface area contributed by atoms with Crippen LogP contribution in [0.4, 0.5) is 0 Å². The minimum absolute atomic E-state index is 0.00308. The van der Waals surface area contributed by atoms with Gasteiger partial charge in [-0.15, -0.1) is 0 Å². The molecule has 0 fully saturated rings. The molecule has 0 aliphatic rings. The van der Waals surface area contributed by atoms with Crippen molar-refractivity contribution in [2.24, 2.45) is 0 Å². The summed E-state index contributed by atoms with van der Waals surface area (Å²) in [4.78, 5) is 10.9. The van der Waals surface area contributed by atoms with Crippen molar-refractivity contribution in [2.45, 2.75) is 6.92 Å². The van der Waals surface area contributed by atoms with Crippen LogP contribution >= 0.6 is 15.9 Å². The number of halogens is 1. The molecule has 0 aliphatic carbocycles. The van der Waals surface area contributed by atoms with Gasteiger partial charge in [-0.05, 0) is 24.6 Å². The molecular weight excluding hydrogens is 288 g/mol. The maximum Gasteiger partial charge on any atom is 0.153 e. The summed E-state index contributed by atoms with van der Waals surface area (Å²) in [5.41, 5.74) is 1.41. The Hall–Kier alpha value is -0.910. The largest absolute Gasteiger partial charge is 0.490 e. The maximum atomic E-state index is 10.9. The molecule has 4 nitrogen and oxygen atoms in total. The number of aryl methyl sites for hydroxylation is 1. The summed E-state index contributed by atoms with van der Waals surface area (Å²) in [6, 6.07) is 3.60. The molecule has 0 radical (unpaired) electrons. The highest BCUT2D eigenvalue weighted by Crippen LogP contribution is 2.26. The number of rotatable bonds is 7. The van der Waals surface area contributed by atoms with Gasteiger partial charge in [0.25, 0.3) is 0 Å². The Labute approximate surface area is 109 Å². The highest BCUT2D eigenvalue weighted by molar-refractivity contribution is 9.10. The summed E-state index contributed by atoms with van der Waals surface area (Å²) in [6.07, 6.45) is 0.766. The molecule has 0 saturated carbocycles. The average molecular weight is 303 g/mol. The molecule has 0 aromatic heterocycles. The maximum absolute atomic E-state index is 10.9. The number of ether oxygens (including phenoxy) is 2. The zero-order valence-corrected chi connectivity index (χ0v) is 11.2. The van der Waals surface area contributed by atoms with E-state index in [1.54, 1.807) is 6.07 Å². The van der Waals surface area contributed by atoms with E-state index >= 15 is 0 Å². The third-order valence-electron chi connectivity index (χ3n) is 2.10. The molecule has 0 saturated heterocycles. The first-order chi connectivity index (χ1) is 8.19. The summed E-state index contributed by atoms with van der Waals surface area (Å²) >= 11 is 3.32. The second kappa shape index (κ2) is 7.42. The van der Waals surface area contributed by atoms with Crippen molar-refractivity contribution in [2.75, 3.05) is 26.4 Å². The van der Waals surface area contributed by atoms with Crippen LogP contribution in [-0.2, 0) is 4.74 Å². The van der Waals surface area contributed by atoms with E-state index in [1.807, 2.05) is 13.0 Å². The molecule has 0 spiro atoms. The van der Waals surface area contributed by atoms with Crippen LogP contribution in [-0.4, -0.2) is 37.8 Å². The number of aliphatic hydroxyl groups is 1. The second-order valence-corrected chi connectivity index (χ2v) is 4.36. The smallest absolute Gasteiger partial charge is 0.153 e. The normalized spacial score (nSPS) is 10.3. The number of hydrogen-bond donors (Lipinski definition) is 1. The van der Waals surface area contributed by atoms with E-state index in [4.69, 9.17) is 14.6 Å². The van der Waals surface area contributed by atoms with E-state index in [9.17, 15) is 4.79 Å². The first-order valence-corrected chi connectivity index (χ1v) is 6.05. The molecule has 0 amide bonds. The molecule has 0 heterocycles. The van der Waals surface area contributed by atoms with Crippen LogP contribution in [0, 0.1) is 6.92 Å². The third-order valence-corrected chi connectivity index (χ3v) is 2.56. The van der Waals surface area contributed by atoms with Gasteiger partial charge in [0.05, 0.1) is 25.4 Å². The van der Waals surface area contributed by atoms with Gasteiger partial charge in [-0.25, -0.2) is 0 Å². The molecule has 0 aliphatic heterocycles. The predicted octanol–water partition coefficient (Wildman–Crippen LogP) is 1.96. The van der Waals surface area contributed by atoms with Crippen molar-refractivity contribution >= 4 is 22.2 Å². The van der Waals surface area contributed by atoms with Crippen LogP contribution in [0.25, 0.3) is 0 Å². The van der Waals surface area contributed by atoms with Crippen molar-refractivity contribution < 1.29 is 19.4 Å². The van der Waals surface area contributed by atoms with Gasteiger partial charge >= 0.3 is 0 Å². The van der Waals surface area contributed by atoms with Crippen molar-refractivity contribution in [3.05, 3.63) is 27.7 Å². The Balaban J connectivity index is 2.60. The van der Waals surface area contributed by atoms with E-state index in [0.717, 1.165) is 16.3 Å². The molecule has 0 unspecified atom stereocenters. The first-order valence-electron chi connectivity index (χ1n) is 5.25. The van der Waals surface area contributed by atoms with Gasteiger partial charge in [-0.3, -0.25) is 4.79 Å². The quantitative estimate of drug-likeness (QED) is 0.618.